The third-order valence-corrected chi connectivity index (χ3v) is 5.61. The Hall–Kier alpha value is -2.75. The van der Waals surface area contributed by atoms with Crippen LogP contribution in [0.1, 0.15) is 48.9 Å². The van der Waals surface area contributed by atoms with E-state index >= 15 is 0 Å². The zero-order valence-corrected chi connectivity index (χ0v) is 16.9. The topological polar surface area (TPSA) is 42.7 Å². The van der Waals surface area contributed by atoms with Gasteiger partial charge in [0.2, 0.25) is 0 Å². The summed E-state index contributed by atoms with van der Waals surface area (Å²) in [4.78, 5) is 14.3. The van der Waals surface area contributed by atoms with Crippen molar-refractivity contribution >= 4 is 16.7 Å². The molecule has 146 valence electrons. The molecule has 3 aromatic rings. The molecule has 0 amide bonds. The number of anilines is 1. The van der Waals surface area contributed by atoms with E-state index in [0.717, 1.165) is 65.7 Å². The average Bonchev–Trinajstić information content (AvgIpc) is 2.72. The average molecular weight is 377 g/mol. The van der Waals surface area contributed by atoms with Crippen molar-refractivity contribution in [3.8, 4) is 5.75 Å². The molecular formula is C24H27NO3. The van der Waals surface area contributed by atoms with Crippen LogP contribution in [0.3, 0.4) is 0 Å². The van der Waals surface area contributed by atoms with E-state index < -0.39 is 0 Å². The van der Waals surface area contributed by atoms with E-state index in [2.05, 4.69) is 49.1 Å². The molecule has 1 aliphatic rings. The van der Waals surface area contributed by atoms with Crippen LogP contribution in [0.15, 0.2) is 45.6 Å². The predicted molar refractivity (Wildman–Crippen MR) is 113 cm³/mol. The van der Waals surface area contributed by atoms with E-state index in [1.54, 1.807) is 6.07 Å². The van der Waals surface area contributed by atoms with Gasteiger partial charge in [-0.3, -0.25) is 0 Å². The van der Waals surface area contributed by atoms with Crippen LogP contribution in [0.25, 0.3) is 11.0 Å². The van der Waals surface area contributed by atoms with Crippen LogP contribution in [-0.2, 0) is 19.4 Å². The lowest BCUT2D eigenvalue weighted by atomic mass is 9.98. The van der Waals surface area contributed by atoms with Gasteiger partial charge < -0.3 is 14.1 Å². The first-order chi connectivity index (χ1) is 13.6. The maximum Gasteiger partial charge on any atom is 0.336 e. The van der Waals surface area contributed by atoms with Crippen molar-refractivity contribution in [1.29, 1.82) is 0 Å². The third kappa shape index (κ3) is 3.39. The van der Waals surface area contributed by atoms with Crippen LogP contribution < -0.4 is 15.3 Å². The molecule has 0 N–H and O–H groups in total. The number of benzene rings is 2. The largest absolute Gasteiger partial charge is 0.472 e. The highest BCUT2D eigenvalue weighted by atomic mass is 16.5. The summed E-state index contributed by atoms with van der Waals surface area (Å²) in [5.74, 6) is 0.852. The van der Waals surface area contributed by atoms with Crippen molar-refractivity contribution in [2.75, 3.05) is 11.6 Å². The van der Waals surface area contributed by atoms with E-state index in [9.17, 15) is 4.79 Å². The van der Waals surface area contributed by atoms with E-state index in [-0.39, 0.29) is 5.63 Å². The summed E-state index contributed by atoms with van der Waals surface area (Å²) in [6.07, 6.45) is 4.08. The van der Waals surface area contributed by atoms with Crippen molar-refractivity contribution in [3.63, 3.8) is 0 Å². The molecule has 2 heterocycles. The minimum absolute atomic E-state index is 0.282. The first-order valence-electron chi connectivity index (χ1n) is 10.2. The van der Waals surface area contributed by atoms with Gasteiger partial charge in [-0.1, -0.05) is 32.4 Å². The molecule has 0 saturated heterocycles. The van der Waals surface area contributed by atoms with Crippen LogP contribution in [0.4, 0.5) is 5.69 Å². The lowest BCUT2D eigenvalue weighted by molar-refractivity contribution is 0.287. The molecule has 28 heavy (non-hydrogen) atoms. The SMILES string of the molecule is CCCCc1cc(=O)oc2c(C)c3c(cc12)CN(c1ccc(CC)cc1)CO3. The van der Waals surface area contributed by atoms with Crippen molar-refractivity contribution in [3.05, 3.63) is 69.1 Å². The Morgan fingerprint density at radius 3 is 2.61 bits per heavy atom. The summed E-state index contributed by atoms with van der Waals surface area (Å²) >= 11 is 0. The molecule has 4 nitrogen and oxygen atoms in total. The van der Waals surface area contributed by atoms with Crippen molar-refractivity contribution < 1.29 is 9.15 Å². The van der Waals surface area contributed by atoms with Crippen LogP contribution >= 0.6 is 0 Å². The highest BCUT2D eigenvalue weighted by Gasteiger charge is 2.23. The fourth-order valence-electron chi connectivity index (χ4n) is 3.97. The van der Waals surface area contributed by atoms with Crippen molar-refractivity contribution in [2.24, 2.45) is 0 Å². The number of rotatable bonds is 5. The zero-order valence-electron chi connectivity index (χ0n) is 16.9. The molecule has 4 rings (SSSR count). The lowest BCUT2D eigenvalue weighted by Gasteiger charge is -2.32. The standard InChI is InChI=1S/C24H27NO3/c1-4-6-7-18-13-22(26)28-24-16(3)23-19(12-21(18)24)14-25(15-27-23)20-10-8-17(5-2)9-11-20/h8-13H,4-7,14-15H2,1-3H3. The van der Waals surface area contributed by atoms with Gasteiger partial charge in [0.25, 0.3) is 0 Å². The van der Waals surface area contributed by atoms with Crippen LogP contribution in [-0.4, -0.2) is 6.73 Å². The molecule has 0 bridgehead atoms. The van der Waals surface area contributed by atoms with Crippen LogP contribution in [0.2, 0.25) is 0 Å². The van der Waals surface area contributed by atoms with Gasteiger partial charge in [0.05, 0.1) is 0 Å². The van der Waals surface area contributed by atoms with Gasteiger partial charge in [0, 0.05) is 34.8 Å². The number of hydrogen-bond acceptors (Lipinski definition) is 4. The Morgan fingerprint density at radius 1 is 1.11 bits per heavy atom. The second-order valence-corrected chi connectivity index (χ2v) is 7.55. The number of ether oxygens (including phenoxy) is 1. The molecule has 0 spiro atoms. The monoisotopic (exact) mass is 377 g/mol. The summed E-state index contributed by atoms with van der Waals surface area (Å²) in [6.45, 7) is 7.59. The molecule has 0 atom stereocenters. The Labute approximate surface area is 165 Å². The highest BCUT2D eigenvalue weighted by Crippen LogP contribution is 2.37. The molecule has 2 aromatic carbocycles. The summed E-state index contributed by atoms with van der Waals surface area (Å²) in [5.41, 5.74) is 6.01. The number of unbranched alkanes of at least 4 members (excludes halogenated alkanes) is 1. The number of nitrogens with zero attached hydrogens (tertiary/aromatic N) is 1. The zero-order chi connectivity index (χ0) is 19.7. The van der Waals surface area contributed by atoms with E-state index in [1.807, 2.05) is 6.92 Å². The van der Waals surface area contributed by atoms with Crippen molar-refractivity contribution in [2.45, 2.75) is 53.0 Å². The molecule has 0 aliphatic carbocycles. The van der Waals surface area contributed by atoms with E-state index in [0.29, 0.717) is 12.3 Å². The maximum atomic E-state index is 12.1. The van der Waals surface area contributed by atoms with Crippen LogP contribution in [0, 0.1) is 6.92 Å². The summed E-state index contributed by atoms with van der Waals surface area (Å²) in [6, 6.07) is 12.5. The lowest BCUT2D eigenvalue weighted by Crippen LogP contribution is -2.32. The molecule has 0 saturated carbocycles. The first kappa shape index (κ1) is 18.6. The molecule has 1 aromatic heterocycles. The Bertz CT molecular complexity index is 1050. The van der Waals surface area contributed by atoms with Gasteiger partial charge in [0.15, 0.2) is 6.73 Å². The second-order valence-electron chi connectivity index (χ2n) is 7.55. The van der Waals surface area contributed by atoms with Gasteiger partial charge >= 0.3 is 5.63 Å². The van der Waals surface area contributed by atoms with Gasteiger partial charge in [0.1, 0.15) is 11.3 Å². The minimum atomic E-state index is -0.282. The van der Waals surface area contributed by atoms with Gasteiger partial charge in [-0.05, 0) is 55.5 Å². The number of aryl methyl sites for hydroxylation is 3. The number of fused-ring (bicyclic) bond motifs is 2. The van der Waals surface area contributed by atoms with Crippen LogP contribution in [0.5, 0.6) is 5.75 Å². The van der Waals surface area contributed by atoms with Gasteiger partial charge in [-0.25, -0.2) is 4.79 Å². The quantitative estimate of drug-likeness (QED) is 0.561. The normalized spacial score (nSPS) is 13.5. The predicted octanol–water partition coefficient (Wildman–Crippen LogP) is 5.36. The molecular weight excluding hydrogens is 350 g/mol. The molecule has 0 radical (unpaired) electrons. The summed E-state index contributed by atoms with van der Waals surface area (Å²) in [5, 5.41) is 1.04. The fraction of sp³-hybridized carbons (Fsp3) is 0.375. The Balaban J connectivity index is 1.75. The van der Waals surface area contributed by atoms with Gasteiger partial charge in [-0.15, -0.1) is 0 Å². The Kier molecular flexibility index (Phi) is 5.12. The molecule has 0 fully saturated rings. The second kappa shape index (κ2) is 7.70. The Morgan fingerprint density at radius 2 is 1.89 bits per heavy atom. The van der Waals surface area contributed by atoms with Crippen molar-refractivity contribution in [1.82, 2.24) is 0 Å². The number of hydrogen-bond donors (Lipinski definition) is 0. The van der Waals surface area contributed by atoms with E-state index in [1.165, 1.54) is 5.56 Å². The fourth-order valence-corrected chi connectivity index (χ4v) is 3.97. The third-order valence-electron chi connectivity index (χ3n) is 5.61. The highest BCUT2D eigenvalue weighted by molar-refractivity contribution is 5.86. The summed E-state index contributed by atoms with van der Waals surface area (Å²) < 4.78 is 11.7. The summed E-state index contributed by atoms with van der Waals surface area (Å²) in [7, 11) is 0. The minimum Gasteiger partial charge on any atom is -0.472 e. The van der Waals surface area contributed by atoms with Gasteiger partial charge in [-0.2, -0.15) is 0 Å². The smallest absolute Gasteiger partial charge is 0.336 e. The molecule has 1 aliphatic heterocycles. The first-order valence-corrected chi connectivity index (χ1v) is 10.2. The maximum absolute atomic E-state index is 12.1. The van der Waals surface area contributed by atoms with E-state index in [4.69, 9.17) is 9.15 Å². The molecule has 4 heteroatoms. The molecule has 0 unspecified atom stereocenters.